The lowest BCUT2D eigenvalue weighted by Crippen LogP contribution is -2.62. The summed E-state index contributed by atoms with van der Waals surface area (Å²) in [6, 6.07) is 0. The minimum absolute atomic E-state index is 0.00335. The Morgan fingerprint density at radius 2 is 0.932 bits per heavy atom. The van der Waals surface area contributed by atoms with Crippen LogP contribution in [0.3, 0.4) is 0 Å². The van der Waals surface area contributed by atoms with Gasteiger partial charge in [-0.25, -0.2) is 0 Å². The van der Waals surface area contributed by atoms with Crippen LogP contribution in [0, 0.1) is 0 Å². The summed E-state index contributed by atoms with van der Waals surface area (Å²) in [5, 5.41) is 2.17. The van der Waals surface area contributed by atoms with Crippen LogP contribution < -0.4 is 0 Å². The fraction of sp³-hybridized carbons (Fsp3) is 0.946. The molecule has 0 aromatic carbocycles. The lowest BCUT2D eigenvalue weighted by Gasteiger charge is -2.53. The lowest BCUT2D eigenvalue weighted by atomic mass is 9.79. The second kappa shape index (κ2) is 17.7. The van der Waals surface area contributed by atoms with E-state index in [9.17, 15) is 9.59 Å². The number of ether oxygens (including phenoxy) is 2. The number of rotatable bonds is 19. The Bertz CT molecular complexity index is 832. The summed E-state index contributed by atoms with van der Waals surface area (Å²) in [4.78, 5) is 33.9. The van der Waals surface area contributed by atoms with E-state index in [2.05, 4.69) is 79.3 Å². The minimum atomic E-state index is -0.193. The van der Waals surface area contributed by atoms with E-state index in [1.807, 2.05) is 0 Å². The molecule has 2 aliphatic rings. The molecule has 0 radical (unpaired) electrons. The first-order valence-electron chi connectivity index (χ1n) is 18.1. The first kappa shape index (κ1) is 39.0. The highest BCUT2D eigenvalue weighted by molar-refractivity contribution is 5.69. The Balaban J connectivity index is 1.57. The highest BCUT2D eigenvalue weighted by Crippen LogP contribution is 2.40. The Hall–Kier alpha value is -1.18. The third-order valence-corrected chi connectivity index (χ3v) is 10.2. The zero-order chi connectivity index (χ0) is 33.0. The topological polar surface area (TPSA) is 68.3 Å². The van der Waals surface area contributed by atoms with Crippen LogP contribution >= 0.6 is 0 Å². The van der Waals surface area contributed by atoms with Crippen LogP contribution in [0.2, 0.25) is 0 Å². The zero-order valence-corrected chi connectivity index (χ0v) is 30.5. The largest absolute Gasteiger partial charge is 0.462 e. The van der Waals surface area contributed by atoms with Crippen molar-refractivity contribution in [2.75, 3.05) is 13.7 Å². The molecule has 2 heterocycles. The monoisotopic (exact) mass is 623 g/mol. The number of carbonyl (C=O) groups excluding carboxylic acids is 2. The van der Waals surface area contributed by atoms with Gasteiger partial charge in [0.25, 0.3) is 0 Å². The van der Waals surface area contributed by atoms with Crippen molar-refractivity contribution >= 4 is 11.9 Å². The summed E-state index contributed by atoms with van der Waals surface area (Å²) >= 11 is 0. The van der Waals surface area contributed by atoms with Gasteiger partial charge < -0.3 is 9.47 Å². The van der Waals surface area contributed by atoms with E-state index in [0.717, 1.165) is 77.2 Å². The summed E-state index contributed by atoms with van der Waals surface area (Å²) in [5.74, 6) is -0.137. The highest BCUT2D eigenvalue weighted by Gasteiger charge is 2.48. The molecule has 0 N–H and O–H groups in total. The molecule has 0 atom stereocenters. The van der Waals surface area contributed by atoms with E-state index in [0.29, 0.717) is 12.8 Å². The number of likely N-dealkylation sites (tertiary alicyclic amines) is 1. The molecule has 0 aromatic rings. The first-order chi connectivity index (χ1) is 20.5. The van der Waals surface area contributed by atoms with E-state index in [1.165, 1.54) is 32.1 Å². The summed E-state index contributed by atoms with van der Waals surface area (Å²) < 4.78 is 11.9. The third-order valence-electron chi connectivity index (χ3n) is 10.2. The van der Waals surface area contributed by atoms with Gasteiger partial charge >= 0.3 is 11.9 Å². The average Bonchev–Trinajstić information content (AvgIpc) is 2.88. The van der Waals surface area contributed by atoms with Crippen LogP contribution in [0.25, 0.3) is 0 Å². The molecular weight excluding hydrogens is 552 g/mol. The van der Waals surface area contributed by atoms with Gasteiger partial charge in [-0.05, 0) is 81.7 Å². The fourth-order valence-electron chi connectivity index (χ4n) is 7.74. The van der Waals surface area contributed by atoms with Gasteiger partial charge in [-0.15, -0.1) is 0 Å². The molecule has 258 valence electrons. The van der Waals surface area contributed by atoms with Crippen molar-refractivity contribution in [1.82, 2.24) is 9.96 Å². The number of esters is 2. The van der Waals surface area contributed by atoms with Crippen LogP contribution in [0.15, 0.2) is 0 Å². The summed E-state index contributed by atoms with van der Waals surface area (Å²) in [5.41, 5.74) is -0.347. The molecule has 0 saturated carbocycles. The molecule has 0 spiro atoms. The van der Waals surface area contributed by atoms with E-state index in [4.69, 9.17) is 14.3 Å². The third kappa shape index (κ3) is 12.9. The summed E-state index contributed by atoms with van der Waals surface area (Å²) in [7, 11) is 2.17. The predicted molar refractivity (Wildman–Crippen MR) is 180 cm³/mol. The van der Waals surface area contributed by atoms with Crippen LogP contribution in [-0.2, 0) is 23.9 Å². The molecule has 2 fully saturated rings. The Morgan fingerprint density at radius 3 is 1.36 bits per heavy atom. The molecule has 0 bridgehead atoms. The molecule has 7 heteroatoms. The van der Waals surface area contributed by atoms with Crippen molar-refractivity contribution in [3.63, 3.8) is 0 Å². The van der Waals surface area contributed by atoms with Gasteiger partial charge in [-0.1, -0.05) is 64.7 Å². The summed E-state index contributed by atoms with van der Waals surface area (Å²) in [6.45, 7) is 20.7. The molecule has 7 nitrogen and oxygen atoms in total. The van der Waals surface area contributed by atoms with E-state index >= 15 is 0 Å². The first-order valence-corrected chi connectivity index (χ1v) is 18.1. The number of carbonyl (C=O) groups is 2. The maximum absolute atomic E-state index is 12.7. The molecule has 0 aliphatic carbocycles. The molecular formula is C37H70N2O5. The standard InChI is InChI=1S/C37H70N2O5/c1-11-12-13-14-19-22-25-42-39-36(6,7)28-31(29-37(39,8)9)44-33(41)24-21-18-16-15-17-20-23-32(40)43-30-26-34(2,3)38(10)35(4,5)27-30/h30-31H,11-29H2,1-10H3. The minimum Gasteiger partial charge on any atom is -0.462 e. The summed E-state index contributed by atoms with van der Waals surface area (Å²) in [6.07, 6.45) is 17.7. The van der Waals surface area contributed by atoms with Crippen LogP contribution in [0.1, 0.15) is 178 Å². The van der Waals surface area contributed by atoms with Gasteiger partial charge in [0.05, 0.1) is 6.61 Å². The van der Waals surface area contributed by atoms with Gasteiger partial charge in [0.1, 0.15) is 12.2 Å². The highest BCUT2D eigenvalue weighted by atomic mass is 16.7. The second-order valence-corrected chi connectivity index (χ2v) is 16.4. The van der Waals surface area contributed by atoms with E-state index < -0.39 is 0 Å². The van der Waals surface area contributed by atoms with Crippen LogP contribution in [0.5, 0.6) is 0 Å². The molecule has 0 amide bonds. The van der Waals surface area contributed by atoms with Gasteiger partial charge in [-0.3, -0.25) is 19.3 Å². The number of nitrogens with zero attached hydrogens (tertiary/aromatic N) is 2. The number of hydroxylamine groups is 2. The lowest BCUT2D eigenvalue weighted by molar-refractivity contribution is -0.293. The van der Waals surface area contributed by atoms with Crippen molar-refractivity contribution in [2.45, 2.75) is 212 Å². The SMILES string of the molecule is CCCCCCCCON1C(C)(C)CC(OC(=O)CCCCCCCCC(=O)OC2CC(C)(C)N(C)C(C)(C)C2)CC1(C)C. The van der Waals surface area contributed by atoms with Gasteiger partial charge in [-0.2, -0.15) is 5.06 Å². The number of unbranched alkanes of at least 4 members (excludes halogenated alkanes) is 10. The predicted octanol–water partition coefficient (Wildman–Crippen LogP) is 9.16. The Kier molecular flexibility index (Phi) is 15.7. The number of piperidine rings is 2. The van der Waals surface area contributed by atoms with Crippen molar-refractivity contribution in [3.05, 3.63) is 0 Å². The molecule has 2 rings (SSSR count). The zero-order valence-electron chi connectivity index (χ0n) is 30.5. The van der Waals surface area contributed by atoms with Gasteiger partial charge in [0.2, 0.25) is 0 Å². The molecule has 2 saturated heterocycles. The van der Waals surface area contributed by atoms with Crippen molar-refractivity contribution in [2.24, 2.45) is 0 Å². The smallest absolute Gasteiger partial charge is 0.306 e. The Morgan fingerprint density at radius 1 is 0.568 bits per heavy atom. The van der Waals surface area contributed by atoms with E-state index in [1.54, 1.807) is 0 Å². The maximum Gasteiger partial charge on any atom is 0.306 e. The number of hydrogen-bond acceptors (Lipinski definition) is 7. The van der Waals surface area contributed by atoms with E-state index in [-0.39, 0.29) is 46.3 Å². The average molecular weight is 623 g/mol. The van der Waals surface area contributed by atoms with Gasteiger partial charge in [0, 0.05) is 60.7 Å². The molecule has 0 unspecified atom stereocenters. The van der Waals surface area contributed by atoms with Gasteiger partial charge in [0.15, 0.2) is 0 Å². The molecule has 44 heavy (non-hydrogen) atoms. The number of hydrogen-bond donors (Lipinski definition) is 0. The maximum atomic E-state index is 12.7. The van der Waals surface area contributed by atoms with Crippen LogP contribution in [0.4, 0.5) is 0 Å². The fourth-order valence-corrected chi connectivity index (χ4v) is 7.74. The normalized spacial score (nSPS) is 22.1. The second-order valence-electron chi connectivity index (χ2n) is 16.4. The van der Waals surface area contributed by atoms with Crippen molar-refractivity contribution in [3.8, 4) is 0 Å². The quantitative estimate of drug-likeness (QED) is 0.105. The molecule has 0 aromatic heterocycles. The van der Waals surface area contributed by atoms with Crippen molar-refractivity contribution in [1.29, 1.82) is 0 Å². The Labute approximate surface area is 271 Å². The molecule has 2 aliphatic heterocycles. The van der Waals surface area contributed by atoms with Crippen molar-refractivity contribution < 1.29 is 23.9 Å². The van der Waals surface area contributed by atoms with Crippen LogP contribution in [-0.4, -0.2) is 69.9 Å².